The van der Waals surface area contributed by atoms with E-state index in [1.54, 1.807) is 0 Å². The summed E-state index contributed by atoms with van der Waals surface area (Å²) < 4.78 is 2.06. The average molecular weight is 259 g/mol. The topological polar surface area (TPSA) is 40.8 Å². The number of pyridine rings is 1. The lowest BCUT2D eigenvalue weighted by atomic mass is 10.1. The predicted molar refractivity (Wildman–Crippen MR) is 74.9 cm³/mol. The molecule has 0 bridgehead atoms. The summed E-state index contributed by atoms with van der Waals surface area (Å²) in [7, 11) is 0. The van der Waals surface area contributed by atoms with E-state index in [1.165, 1.54) is 19.3 Å². The van der Waals surface area contributed by atoms with E-state index < -0.39 is 0 Å². The Hall–Kier alpha value is -1.39. The summed E-state index contributed by atoms with van der Waals surface area (Å²) in [5.74, 6) is 0. The van der Waals surface area contributed by atoms with E-state index in [9.17, 15) is 5.11 Å². The fourth-order valence-corrected chi connectivity index (χ4v) is 2.92. The Morgan fingerprint density at radius 2 is 2.21 bits per heavy atom. The average Bonchev–Trinajstić information content (AvgIpc) is 2.70. The third-order valence-electron chi connectivity index (χ3n) is 3.99. The van der Waals surface area contributed by atoms with E-state index in [4.69, 9.17) is 0 Å². The number of likely N-dealkylation sites (tertiary alicyclic amines) is 1. The van der Waals surface area contributed by atoms with Crippen molar-refractivity contribution < 1.29 is 5.11 Å². The van der Waals surface area contributed by atoms with Gasteiger partial charge in [0.15, 0.2) is 0 Å². The first-order valence-corrected chi connectivity index (χ1v) is 7.14. The van der Waals surface area contributed by atoms with Crippen LogP contribution in [0.3, 0.4) is 0 Å². The molecule has 102 valence electrons. The lowest BCUT2D eigenvalue weighted by molar-refractivity contribution is 0.117. The molecule has 4 nitrogen and oxygen atoms in total. The molecule has 3 heterocycles. The fraction of sp³-hybridized carbons (Fsp3) is 0.533. The zero-order valence-electron chi connectivity index (χ0n) is 11.2. The van der Waals surface area contributed by atoms with Gasteiger partial charge in [0.1, 0.15) is 5.65 Å². The van der Waals surface area contributed by atoms with E-state index in [1.807, 2.05) is 24.4 Å². The number of hydrogen-bond acceptors (Lipinski definition) is 3. The van der Waals surface area contributed by atoms with Crippen LogP contribution >= 0.6 is 0 Å². The van der Waals surface area contributed by atoms with Crippen molar-refractivity contribution in [3.63, 3.8) is 0 Å². The predicted octanol–water partition coefficient (Wildman–Crippen LogP) is 2.07. The highest BCUT2D eigenvalue weighted by molar-refractivity contribution is 5.39. The summed E-state index contributed by atoms with van der Waals surface area (Å²) in [5.41, 5.74) is 2.08. The normalized spacial score (nSPS) is 21.6. The molecular weight excluding hydrogens is 238 g/mol. The fourth-order valence-electron chi connectivity index (χ4n) is 2.92. The molecule has 2 aromatic rings. The Kier molecular flexibility index (Phi) is 3.80. The Bertz CT molecular complexity index is 504. The van der Waals surface area contributed by atoms with Crippen molar-refractivity contribution in [1.82, 2.24) is 14.3 Å². The van der Waals surface area contributed by atoms with Gasteiger partial charge in [-0.25, -0.2) is 4.98 Å². The molecule has 1 N–H and O–H groups in total. The van der Waals surface area contributed by atoms with Crippen molar-refractivity contribution in [3.8, 4) is 0 Å². The van der Waals surface area contributed by atoms with Crippen molar-refractivity contribution in [2.75, 3.05) is 13.2 Å². The Balaban J connectivity index is 1.78. The van der Waals surface area contributed by atoms with Gasteiger partial charge in [-0.1, -0.05) is 18.9 Å². The summed E-state index contributed by atoms with van der Waals surface area (Å²) in [6.45, 7) is 2.17. The van der Waals surface area contributed by atoms with Gasteiger partial charge in [0.05, 0.1) is 12.3 Å². The van der Waals surface area contributed by atoms with Crippen LogP contribution in [0.5, 0.6) is 0 Å². The molecule has 0 spiro atoms. The van der Waals surface area contributed by atoms with Crippen LogP contribution in [0.15, 0.2) is 30.6 Å². The smallest absolute Gasteiger partial charge is 0.137 e. The summed E-state index contributed by atoms with van der Waals surface area (Å²) in [4.78, 5) is 7.03. The van der Waals surface area contributed by atoms with Crippen LogP contribution in [-0.4, -0.2) is 38.6 Å². The van der Waals surface area contributed by atoms with Gasteiger partial charge in [-0.2, -0.15) is 0 Å². The molecule has 1 atom stereocenters. The molecule has 1 fully saturated rings. The standard InChI is InChI=1S/C15H21N3O/c19-12-14-6-2-1-4-8-17(14)10-13-11-18-9-5-3-7-15(18)16-13/h3,5,7,9,11,14,19H,1-2,4,6,8,10,12H2. The van der Waals surface area contributed by atoms with E-state index in [0.717, 1.165) is 30.9 Å². The first-order chi connectivity index (χ1) is 9.36. The first kappa shape index (κ1) is 12.6. The van der Waals surface area contributed by atoms with E-state index in [2.05, 4.69) is 20.5 Å². The van der Waals surface area contributed by atoms with Gasteiger partial charge >= 0.3 is 0 Å². The largest absolute Gasteiger partial charge is 0.395 e. The number of aliphatic hydroxyl groups is 1. The van der Waals surface area contributed by atoms with Gasteiger partial charge in [-0.05, 0) is 31.5 Å². The molecule has 1 unspecified atom stereocenters. The molecule has 3 rings (SSSR count). The second-order valence-electron chi connectivity index (χ2n) is 5.35. The third-order valence-corrected chi connectivity index (χ3v) is 3.99. The summed E-state index contributed by atoms with van der Waals surface area (Å²) in [6.07, 6.45) is 8.95. The summed E-state index contributed by atoms with van der Waals surface area (Å²) >= 11 is 0. The number of aliphatic hydroxyl groups excluding tert-OH is 1. The molecule has 1 aliphatic heterocycles. The SMILES string of the molecule is OCC1CCCCCN1Cc1cn2ccccc2n1. The monoisotopic (exact) mass is 259 g/mol. The van der Waals surface area contributed by atoms with Gasteiger partial charge < -0.3 is 9.51 Å². The van der Waals surface area contributed by atoms with Gasteiger partial charge in [0, 0.05) is 25.0 Å². The maximum atomic E-state index is 9.54. The molecule has 19 heavy (non-hydrogen) atoms. The van der Waals surface area contributed by atoms with Gasteiger partial charge in [-0.3, -0.25) is 4.90 Å². The maximum absolute atomic E-state index is 9.54. The van der Waals surface area contributed by atoms with Crippen molar-refractivity contribution in [2.45, 2.75) is 38.3 Å². The molecule has 0 radical (unpaired) electrons. The number of hydrogen-bond donors (Lipinski definition) is 1. The summed E-state index contributed by atoms with van der Waals surface area (Å²) in [6, 6.07) is 6.35. The number of nitrogens with zero attached hydrogens (tertiary/aromatic N) is 3. The lowest BCUT2D eigenvalue weighted by Gasteiger charge is -2.27. The minimum absolute atomic E-state index is 0.257. The highest BCUT2D eigenvalue weighted by Gasteiger charge is 2.21. The molecule has 0 amide bonds. The second-order valence-corrected chi connectivity index (χ2v) is 5.35. The van der Waals surface area contributed by atoms with Crippen molar-refractivity contribution >= 4 is 5.65 Å². The van der Waals surface area contributed by atoms with E-state index in [-0.39, 0.29) is 6.61 Å². The second kappa shape index (κ2) is 5.72. The van der Waals surface area contributed by atoms with Crippen LogP contribution in [0, 0.1) is 0 Å². The number of fused-ring (bicyclic) bond motifs is 1. The molecule has 0 aliphatic carbocycles. The van der Waals surface area contributed by atoms with Crippen LogP contribution in [0.1, 0.15) is 31.4 Å². The van der Waals surface area contributed by atoms with Crippen LogP contribution in [0.25, 0.3) is 5.65 Å². The van der Waals surface area contributed by atoms with E-state index in [0.29, 0.717) is 6.04 Å². The lowest BCUT2D eigenvalue weighted by Crippen LogP contribution is -2.37. The number of aromatic nitrogens is 2. The molecule has 2 aromatic heterocycles. The maximum Gasteiger partial charge on any atom is 0.137 e. The van der Waals surface area contributed by atoms with Crippen molar-refractivity contribution in [3.05, 3.63) is 36.3 Å². The van der Waals surface area contributed by atoms with Gasteiger partial charge in [0.2, 0.25) is 0 Å². The van der Waals surface area contributed by atoms with Crippen molar-refractivity contribution in [1.29, 1.82) is 0 Å². The quantitative estimate of drug-likeness (QED) is 0.917. The molecule has 1 aliphatic rings. The van der Waals surface area contributed by atoms with Gasteiger partial charge in [0.25, 0.3) is 0 Å². The van der Waals surface area contributed by atoms with Crippen molar-refractivity contribution in [2.24, 2.45) is 0 Å². The molecule has 0 saturated carbocycles. The Labute approximate surface area is 113 Å². The summed E-state index contributed by atoms with van der Waals surface area (Å²) in [5, 5.41) is 9.54. The molecule has 4 heteroatoms. The zero-order chi connectivity index (χ0) is 13.1. The number of rotatable bonds is 3. The highest BCUT2D eigenvalue weighted by Crippen LogP contribution is 2.19. The minimum atomic E-state index is 0.257. The molecular formula is C15H21N3O. The van der Waals surface area contributed by atoms with Crippen LogP contribution in [0.2, 0.25) is 0 Å². The van der Waals surface area contributed by atoms with Gasteiger partial charge in [-0.15, -0.1) is 0 Å². The van der Waals surface area contributed by atoms with Crippen LogP contribution < -0.4 is 0 Å². The highest BCUT2D eigenvalue weighted by atomic mass is 16.3. The number of imidazole rings is 1. The first-order valence-electron chi connectivity index (χ1n) is 7.14. The van der Waals surface area contributed by atoms with E-state index >= 15 is 0 Å². The Morgan fingerprint density at radius 1 is 1.26 bits per heavy atom. The minimum Gasteiger partial charge on any atom is -0.395 e. The molecule has 1 saturated heterocycles. The Morgan fingerprint density at radius 3 is 3.05 bits per heavy atom. The third kappa shape index (κ3) is 2.80. The van der Waals surface area contributed by atoms with Crippen LogP contribution in [-0.2, 0) is 6.54 Å². The molecule has 0 aromatic carbocycles. The van der Waals surface area contributed by atoms with Crippen LogP contribution in [0.4, 0.5) is 0 Å². The zero-order valence-corrected chi connectivity index (χ0v) is 11.2.